The zero-order chi connectivity index (χ0) is 7.72. The summed E-state index contributed by atoms with van der Waals surface area (Å²) in [5, 5.41) is 9.69. The van der Waals surface area contributed by atoms with Crippen LogP contribution in [0.3, 0.4) is 0 Å². The van der Waals surface area contributed by atoms with Gasteiger partial charge in [-0.15, -0.1) is 0 Å². The van der Waals surface area contributed by atoms with E-state index in [0.717, 1.165) is 5.56 Å². The minimum atomic E-state index is 0.185. The van der Waals surface area contributed by atoms with Crippen LogP contribution in [-0.2, 0) is 0 Å². The van der Waals surface area contributed by atoms with Gasteiger partial charge in [0.05, 0.1) is 9.50 Å². The minimum absolute atomic E-state index is 0.185. The van der Waals surface area contributed by atoms with Gasteiger partial charge in [-0.05, 0) is 40.5 Å². The first-order valence-corrected chi connectivity index (χ1v) is 3.93. The van der Waals surface area contributed by atoms with Gasteiger partial charge >= 0.3 is 0 Å². The quantitative estimate of drug-likeness (QED) is 0.714. The van der Waals surface area contributed by atoms with Crippen molar-refractivity contribution in [1.82, 2.24) is 0 Å². The summed E-state index contributed by atoms with van der Waals surface area (Å²) < 4.78 is 0.555. The highest BCUT2D eigenvalue weighted by atomic mass is 79.9. The van der Waals surface area contributed by atoms with Gasteiger partial charge in [-0.25, -0.2) is 0 Å². The molecule has 0 saturated heterocycles. The third-order valence-electron chi connectivity index (χ3n) is 1.15. The maximum Gasteiger partial charge on any atom is 0.131 e. The highest BCUT2D eigenvalue weighted by Gasteiger charge is 2.02. The van der Waals surface area contributed by atoms with Crippen LogP contribution >= 0.6 is 27.5 Å². The topological polar surface area (TPSA) is 20.2 Å². The molecule has 0 amide bonds. The van der Waals surface area contributed by atoms with E-state index in [1.54, 1.807) is 12.1 Å². The first-order valence-electron chi connectivity index (χ1n) is 2.76. The SMILES string of the molecule is Cc1cc(O)c(Br)c(Cl)c1. The Morgan fingerprint density at radius 3 is 2.60 bits per heavy atom. The molecule has 0 unspecified atom stereocenters. The molecule has 0 aromatic heterocycles. The number of phenols is 1. The molecule has 1 rings (SSSR count). The highest BCUT2D eigenvalue weighted by Crippen LogP contribution is 2.32. The summed E-state index contributed by atoms with van der Waals surface area (Å²) in [7, 11) is 0. The van der Waals surface area contributed by atoms with E-state index in [1.165, 1.54) is 0 Å². The molecule has 0 bridgehead atoms. The molecule has 3 heteroatoms. The molecule has 0 aliphatic heterocycles. The molecule has 0 aliphatic carbocycles. The summed E-state index contributed by atoms with van der Waals surface area (Å²) in [5.41, 5.74) is 0.950. The average Bonchev–Trinajstić information content (AvgIpc) is 1.82. The molecule has 0 radical (unpaired) electrons. The van der Waals surface area contributed by atoms with Gasteiger partial charge in [-0.3, -0.25) is 0 Å². The van der Waals surface area contributed by atoms with Crippen LogP contribution in [0.15, 0.2) is 16.6 Å². The summed E-state index contributed by atoms with van der Waals surface area (Å²) in [5.74, 6) is 0.185. The lowest BCUT2D eigenvalue weighted by Crippen LogP contribution is -1.74. The van der Waals surface area contributed by atoms with Crippen LogP contribution in [0, 0.1) is 6.92 Å². The third-order valence-corrected chi connectivity index (χ3v) is 2.51. The molecule has 0 heterocycles. The molecule has 0 aliphatic rings. The molecule has 0 saturated carbocycles. The Bertz CT molecular complexity index is 237. The van der Waals surface area contributed by atoms with Gasteiger partial charge < -0.3 is 5.11 Å². The van der Waals surface area contributed by atoms with Crippen molar-refractivity contribution >= 4 is 27.5 Å². The summed E-state index contributed by atoms with van der Waals surface area (Å²) in [6.07, 6.45) is 0. The number of hydrogen-bond donors (Lipinski definition) is 1. The fraction of sp³-hybridized carbons (Fsp3) is 0.143. The van der Waals surface area contributed by atoms with Crippen LogP contribution < -0.4 is 0 Å². The lowest BCUT2D eigenvalue weighted by Gasteiger charge is -1.99. The van der Waals surface area contributed by atoms with E-state index < -0.39 is 0 Å². The molecule has 0 atom stereocenters. The molecule has 54 valence electrons. The second-order valence-corrected chi connectivity index (χ2v) is 3.28. The fourth-order valence-electron chi connectivity index (χ4n) is 0.706. The van der Waals surface area contributed by atoms with Crippen molar-refractivity contribution in [2.75, 3.05) is 0 Å². The monoisotopic (exact) mass is 220 g/mol. The lowest BCUT2D eigenvalue weighted by atomic mass is 10.2. The second kappa shape index (κ2) is 2.81. The van der Waals surface area contributed by atoms with Gasteiger partial charge in [0.1, 0.15) is 5.75 Å². The Labute approximate surface area is 72.8 Å². The van der Waals surface area contributed by atoms with Gasteiger partial charge in [-0.2, -0.15) is 0 Å². The van der Waals surface area contributed by atoms with Crippen molar-refractivity contribution in [1.29, 1.82) is 0 Å². The number of hydrogen-bond acceptors (Lipinski definition) is 1. The van der Waals surface area contributed by atoms with Crippen molar-refractivity contribution in [3.8, 4) is 5.75 Å². The van der Waals surface area contributed by atoms with Gasteiger partial charge in [-0.1, -0.05) is 11.6 Å². The smallest absolute Gasteiger partial charge is 0.131 e. The normalized spacial score (nSPS) is 9.90. The maximum absolute atomic E-state index is 9.15. The molecular formula is C7H6BrClO. The highest BCUT2D eigenvalue weighted by molar-refractivity contribution is 9.10. The lowest BCUT2D eigenvalue weighted by molar-refractivity contribution is 0.471. The van der Waals surface area contributed by atoms with Crippen LogP contribution in [0.4, 0.5) is 0 Å². The van der Waals surface area contributed by atoms with E-state index in [9.17, 15) is 0 Å². The van der Waals surface area contributed by atoms with Crippen molar-refractivity contribution in [3.05, 3.63) is 27.2 Å². The zero-order valence-corrected chi connectivity index (χ0v) is 7.70. The van der Waals surface area contributed by atoms with Gasteiger partial charge in [0.2, 0.25) is 0 Å². The Morgan fingerprint density at radius 1 is 1.50 bits per heavy atom. The first-order chi connectivity index (χ1) is 4.61. The van der Waals surface area contributed by atoms with E-state index in [2.05, 4.69) is 15.9 Å². The first kappa shape index (κ1) is 7.89. The Hall–Kier alpha value is -0.210. The number of aromatic hydroxyl groups is 1. The van der Waals surface area contributed by atoms with Crippen molar-refractivity contribution < 1.29 is 5.11 Å². The Kier molecular flexibility index (Phi) is 2.21. The molecule has 1 nitrogen and oxygen atoms in total. The zero-order valence-electron chi connectivity index (χ0n) is 5.36. The Balaban J connectivity index is 3.31. The van der Waals surface area contributed by atoms with Crippen LogP contribution in [0.1, 0.15) is 5.56 Å². The van der Waals surface area contributed by atoms with Crippen molar-refractivity contribution in [2.24, 2.45) is 0 Å². The summed E-state index contributed by atoms with van der Waals surface area (Å²) in [6, 6.07) is 3.43. The molecule has 1 N–H and O–H groups in total. The number of halogens is 2. The fourth-order valence-corrected chi connectivity index (χ4v) is 1.20. The van der Waals surface area contributed by atoms with E-state index in [0.29, 0.717) is 9.50 Å². The molecular weight excluding hydrogens is 215 g/mol. The second-order valence-electron chi connectivity index (χ2n) is 2.08. The summed E-state index contributed by atoms with van der Waals surface area (Å²) in [6.45, 7) is 1.87. The van der Waals surface area contributed by atoms with E-state index in [4.69, 9.17) is 16.7 Å². The molecule has 1 aromatic rings. The summed E-state index contributed by atoms with van der Waals surface area (Å²) in [4.78, 5) is 0. The molecule has 1 aromatic carbocycles. The van der Waals surface area contributed by atoms with Gasteiger partial charge in [0, 0.05) is 0 Å². The Morgan fingerprint density at radius 2 is 2.10 bits per heavy atom. The molecule has 0 fully saturated rings. The standard InChI is InChI=1S/C7H6BrClO/c1-4-2-5(9)7(8)6(10)3-4/h2-3,10H,1H3. The largest absolute Gasteiger partial charge is 0.507 e. The van der Waals surface area contributed by atoms with Crippen molar-refractivity contribution in [3.63, 3.8) is 0 Å². The maximum atomic E-state index is 9.15. The molecule has 0 spiro atoms. The third kappa shape index (κ3) is 1.44. The summed E-state index contributed by atoms with van der Waals surface area (Å²) >= 11 is 8.84. The number of benzene rings is 1. The average molecular weight is 221 g/mol. The van der Waals surface area contributed by atoms with Crippen LogP contribution in [-0.4, -0.2) is 5.11 Å². The van der Waals surface area contributed by atoms with E-state index >= 15 is 0 Å². The number of aryl methyl sites for hydroxylation is 1. The van der Waals surface area contributed by atoms with E-state index in [1.807, 2.05) is 6.92 Å². The van der Waals surface area contributed by atoms with Gasteiger partial charge in [0.15, 0.2) is 0 Å². The van der Waals surface area contributed by atoms with Crippen LogP contribution in [0.2, 0.25) is 5.02 Å². The number of rotatable bonds is 0. The number of phenolic OH excluding ortho intramolecular Hbond substituents is 1. The van der Waals surface area contributed by atoms with Crippen LogP contribution in [0.25, 0.3) is 0 Å². The van der Waals surface area contributed by atoms with E-state index in [-0.39, 0.29) is 5.75 Å². The minimum Gasteiger partial charge on any atom is -0.507 e. The molecule has 10 heavy (non-hydrogen) atoms. The van der Waals surface area contributed by atoms with Crippen LogP contribution in [0.5, 0.6) is 5.75 Å². The van der Waals surface area contributed by atoms with Crippen molar-refractivity contribution in [2.45, 2.75) is 6.92 Å². The predicted octanol–water partition coefficient (Wildman–Crippen LogP) is 3.12. The van der Waals surface area contributed by atoms with Gasteiger partial charge in [0.25, 0.3) is 0 Å². The predicted molar refractivity (Wildman–Crippen MR) is 45.6 cm³/mol.